The number of allylic oxidation sites excluding steroid dienone is 2. The van der Waals surface area contributed by atoms with Crippen molar-refractivity contribution in [3.8, 4) is 0 Å². The largest absolute Gasteiger partial charge is 0.478 e. The molecule has 0 unspecified atom stereocenters. The lowest BCUT2D eigenvalue weighted by Crippen LogP contribution is -1.98. The summed E-state index contributed by atoms with van der Waals surface area (Å²) in [5, 5.41) is 8.73. The van der Waals surface area contributed by atoms with Gasteiger partial charge in [-0.1, -0.05) is 103 Å². The molecule has 0 aromatic heterocycles. The van der Waals surface area contributed by atoms with Crippen LogP contribution < -0.4 is 0 Å². The van der Waals surface area contributed by atoms with Crippen molar-refractivity contribution in [3.05, 3.63) is 24.3 Å². The first kappa shape index (κ1) is 24.9. The minimum atomic E-state index is -0.847. The first-order chi connectivity index (χ1) is 12.7. The summed E-state index contributed by atoms with van der Waals surface area (Å²) < 4.78 is 0. The molecule has 0 heterocycles. The highest BCUT2D eigenvalue weighted by molar-refractivity contribution is 5.85. The summed E-state index contributed by atoms with van der Waals surface area (Å²) in [6.45, 7) is 5.84. The van der Waals surface area contributed by atoms with Crippen LogP contribution in [0.3, 0.4) is 0 Å². The Hall–Kier alpha value is -1.05. The third kappa shape index (κ3) is 19.3. The Morgan fingerprint density at radius 2 is 1.08 bits per heavy atom. The molecule has 0 aliphatic rings. The van der Waals surface area contributed by atoms with Crippen molar-refractivity contribution in [2.75, 3.05) is 0 Å². The molecule has 2 heteroatoms. The van der Waals surface area contributed by atoms with E-state index in [2.05, 4.69) is 25.7 Å². The minimum Gasteiger partial charge on any atom is -0.478 e. The van der Waals surface area contributed by atoms with E-state index in [1.165, 1.54) is 96.3 Å². The number of hydrogen-bond acceptors (Lipinski definition) is 1. The van der Waals surface area contributed by atoms with Gasteiger partial charge < -0.3 is 5.11 Å². The van der Waals surface area contributed by atoms with E-state index >= 15 is 0 Å². The van der Waals surface area contributed by atoms with E-state index in [-0.39, 0.29) is 0 Å². The molecule has 0 saturated heterocycles. The molecule has 0 aliphatic heterocycles. The van der Waals surface area contributed by atoms with Crippen LogP contribution in [0.25, 0.3) is 0 Å². The van der Waals surface area contributed by atoms with Gasteiger partial charge in [0.15, 0.2) is 0 Å². The molecular weight excluding hydrogens is 320 g/mol. The molecule has 0 aromatic rings. The second-order valence-electron chi connectivity index (χ2n) is 7.66. The van der Waals surface area contributed by atoms with Crippen molar-refractivity contribution < 1.29 is 9.90 Å². The number of carboxylic acid groups (broad SMARTS) is 1. The van der Waals surface area contributed by atoms with E-state index in [1.807, 2.05) is 0 Å². The molecule has 0 fully saturated rings. The number of hydrogen-bond donors (Lipinski definition) is 1. The van der Waals surface area contributed by atoms with Crippen molar-refractivity contribution in [1.82, 2.24) is 0 Å². The average Bonchev–Trinajstić information content (AvgIpc) is 2.63. The number of unbranched alkanes of at least 4 members (excludes halogenated alkanes) is 15. The van der Waals surface area contributed by atoms with Crippen LogP contribution >= 0.6 is 0 Å². The van der Waals surface area contributed by atoms with Crippen LogP contribution in [0.15, 0.2) is 24.3 Å². The van der Waals surface area contributed by atoms with Crippen LogP contribution in [-0.2, 0) is 4.79 Å². The quantitative estimate of drug-likeness (QED) is 0.134. The highest BCUT2D eigenvalue weighted by Crippen LogP contribution is 2.13. The van der Waals surface area contributed by atoms with Gasteiger partial charge in [0.2, 0.25) is 0 Å². The Bertz CT molecular complexity index is 357. The third-order valence-electron chi connectivity index (χ3n) is 5.04. The summed E-state index contributed by atoms with van der Waals surface area (Å²) in [7, 11) is 0. The summed E-state index contributed by atoms with van der Waals surface area (Å²) in [5.41, 5.74) is 0.351. The average molecular weight is 365 g/mol. The maximum absolute atomic E-state index is 10.6. The molecule has 152 valence electrons. The summed E-state index contributed by atoms with van der Waals surface area (Å²) in [5.74, 6) is -0.847. The van der Waals surface area contributed by atoms with E-state index in [0.29, 0.717) is 12.0 Å². The van der Waals surface area contributed by atoms with Crippen molar-refractivity contribution in [2.45, 2.75) is 122 Å². The number of aliphatic carboxylic acids is 1. The van der Waals surface area contributed by atoms with Crippen LogP contribution in [0, 0.1) is 0 Å². The fourth-order valence-corrected chi connectivity index (χ4v) is 3.22. The monoisotopic (exact) mass is 364 g/mol. The van der Waals surface area contributed by atoms with Gasteiger partial charge in [0, 0.05) is 5.57 Å². The Morgan fingerprint density at radius 3 is 1.50 bits per heavy atom. The maximum Gasteiger partial charge on any atom is 0.330 e. The Morgan fingerprint density at radius 1 is 0.692 bits per heavy atom. The van der Waals surface area contributed by atoms with Gasteiger partial charge in [-0.15, -0.1) is 0 Å². The van der Waals surface area contributed by atoms with Gasteiger partial charge >= 0.3 is 5.97 Å². The fourth-order valence-electron chi connectivity index (χ4n) is 3.22. The highest BCUT2D eigenvalue weighted by atomic mass is 16.4. The van der Waals surface area contributed by atoms with Gasteiger partial charge in [-0.05, 0) is 38.5 Å². The lowest BCUT2D eigenvalue weighted by molar-refractivity contribution is -0.132. The molecular formula is C24H44O2. The fraction of sp³-hybridized carbons (Fsp3) is 0.792. The van der Waals surface area contributed by atoms with Crippen molar-refractivity contribution >= 4 is 5.97 Å². The second-order valence-corrected chi connectivity index (χ2v) is 7.66. The molecule has 26 heavy (non-hydrogen) atoms. The van der Waals surface area contributed by atoms with Gasteiger partial charge in [-0.2, -0.15) is 0 Å². The van der Waals surface area contributed by atoms with Gasteiger partial charge in [0.05, 0.1) is 0 Å². The summed E-state index contributed by atoms with van der Waals surface area (Å²) in [6, 6.07) is 0. The molecule has 0 saturated carbocycles. The molecule has 0 rings (SSSR count). The first-order valence-corrected chi connectivity index (χ1v) is 11.2. The SMILES string of the molecule is C=C(CCCCCCCCC/C=C\CCCCCCCCCC)C(=O)O. The van der Waals surface area contributed by atoms with E-state index in [1.54, 1.807) is 0 Å². The highest BCUT2D eigenvalue weighted by Gasteiger charge is 2.02. The van der Waals surface area contributed by atoms with Crippen molar-refractivity contribution in [3.63, 3.8) is 0 Å². The zero-order chi connectivity index (χ0) is 19.3. The molecule has 1 N–H and O–H groups in total. The molecule has 0 radical (unpaired) electrons. The molecule has 0 aromatic carbocycles. The molecule has 0 bridgehead atoms. The molecule has 0 atom stereocenters. The maximum atomic E-state index is 10.6. The Balaban J connectivity index is 3.15. The zero-order valence-electron chi connectivity index (χ0n) is 17.4. The third-order valence-corrected chi connectivity index (χ3v) is 5.04. The van der Waals surface area contributed by atoms with Gasteiger partial charge in [-0.25, -0.2) is 4.79 Å². The van der Waals surface area contributed by atoms with Gasteiger partial charge in [0.1, 0.15) is 0 Å². The topological polar surface area (TPSA) is 37.3 Å². The molecule has 0 aliphatic carbocycles. The van der Waals surface area contributed by atoms with Crippen LogP contribution in [0.5, 0.6) is 0 Å². The number of rotatable bonds is 20. The molecule has 0 amide bonds. The van der Waals surface area contributed by atoms with Crippen LogP contribution in [0.1, 0.15) is 122 Å². The standard InChI is InChI=1S/C24H44O2/c1-3-4-5-6-7-8-9-10-11-12-13-14-15-16-17-18-19-20-21-22-23(2)24(25)26/h12-13H,2-11,14-22H2,1H3,(H,25,26)/b13-12-. The molecule has 2 nitrogen and oxygen atoms in total. The lowest BCUT2D eigenvalue weighted by Gasteiger charge is -2.02. The van der Waals surface area contributed by atoms with E-state index in [9.17, 15) is 4.79 Å². The second kappa shape index (κ2) is 20.3. The van der Waals surface area contributed by atoms with E-state index in [4.69, 9.17) is 5.11 Å². The van der Waals surface area contributed by atoms with E-state index in [0.717, 1.165) is 12.8 Å². The van der Waals surface area contributed by atoms with Crippen LogP contribution in [0.4, 0.5) is 0 Å². The normalized spacial score (nSPS) is 11.3. The zero-order valence-corrected chi connectivity index (χ0v) is 17.4. The smallest absolute Gasteiger partial charge is 0.330 e. The summed E-state index contributed by atoms with van der Waals surface area (Å²) in [4.78, 5) is 10.6. The first-order valence-electron chi connectivity index (χ1n) is 11.2. The van der Waals surface area contributed by atoms with Crippen LogP contribution in [0.2, 0.25) is 0 Å². The Kier molecular flexibility index (Phi) is 19.4. The van der Waals surface area contributed by atoms with Crippen molar-refractivity contribution in [1.29, 1.82) is 0 Å². The Labute approximate surface area is 163 Å². The molecule has 0 spiro atoms. The summed E-state index contributed by atoms with van der Waals surface area (Å²) >= 11 is 0. The number of carbonyl (C=O) groups is 1. The lowest BCUT2D eigenvalue weighted by atomic mass is 10.0. The van der Waals surface area contributed by atoms with Gasteiger partial charge in [0.25, 0.3) is 0 Å². The van der Waals surface area contributed by atoms with Crippen molar-refractivity contribution in [2.24, 2.45) is 0 Å². The van der Waals surface area contributed by atoms with Gasteiger partial charge in [-0.3, -0.25) is 0 Å². The predicted molar refractivity (Wildman–Crippen MR) is 115 cm³/mol. The van der Waals surface area contributed by atoms with E-state index < -0.39 is 5.97 Å². The van der Waals surface area contributed by atoms with Crippen LogP contribution in [-0.4, -0.2) is 11.1 Å². The minimum absolute atomic E-state index is 0.351. The number of carboxylic acids is 1. The summed E-state index contributed by atoms with van der Waals surface area (Å²) in [6.07, 6.45) is 27.6. The predicted octanol–water partition coefficient (Wildman–Crippen LogP) is 8.23.